The third kappa shape index (κ3) is 5.85. The summed E-state index contributed by atoms with van der Waals surface area (Å²) in [5.41, 5.74) is 4.49. The number of halogens is 1. The lowest BCUT2D eigenvalue weighted by Crippen LogP contribution is -2.44. The fourth-order valence-corrected chi connectivity index (χ4v) is 7.72. The summed E-state index contributed by atoms with van der Waals surface area (Å²) < 4.78 is 16.8. The van der Waals surface area contributed by atoms with Crippen LogP contribution in [0.25, 0.3) is 0 Å². The number of aliphatic carboxylic acids is 1. The van der Waals surface area contributed by atoms with Crippen LogP contribution in [0.15, 0.2) is 36.4 Å². The van der Waals surface area contributed by atoms with E-state index in [9.17, 15) is 14.3 Å². The first-order chi connectivity index (χ1) is 18.8. The number of rotatable bonds is 9. The highest BCUT2D eigenvalue weighted by atomic mass is 19.1. The number of benzene rings is 1. The second kappa shape index (κ2) is 11.9. The Balaban J connectivity index is 1.30. The van der Waals surface area contributed by atoms with Crippen LogP contribution in [0.5, 0.6) is 0 Å². The quantitative estimate of drug-likeness (QED) is 0.421. The molecular weight excluding hydrogens is 491 g/mol. The highest BCUT2D eigenvalue weighted by Gasteiger charge is 2.41. The maximum atomic E-state index is 14.2. The molecule has 2 fully saturated rings. The molecule has 5 rings (SSSR count). The van der Waals surface area contributed by atoms with Crippen molar-refractivity contribution in [3.8, 4) is 0 Å². The Bertz CT molecular complexity index is 1170. The van der Waals surface area contributed by atoms with Crippen molar-refractivity contribution in [2.75, 3.05) is 26.7 Å². The van der Waals surface area contributed by atoms with Gasteiger partial charge in [0.05, 0.1) is 5.69 Å². The van der Waals surface area contributed by atoms with E-state index in [-0.39, 0.29) is 17.8 Å². The fourth-order valence-electron chi connectivity index (χ4n) is 7.72. The van der Waals surface area contributed by atoms with E-state index in [0.29, 0.717) is 17.4 Å². The van der Waals surface area contributed by atoms with E-state index >= 15 is 0 Å². The van der Waals surface area contributed by atoms with Crippen LogP contribution >= 0.6 is 0 Å². The zero-order chi connectivity index (χ0) is 27.7. The molecule has 3 heterocycles. The second-order valence-electron chi connectivity index (χ2n) is 12.2. The van der Waals surface area contributed by atoms with Gasteiger partial charge in [0.15, 0.2) is 0 Å². The molecule has 6 nitrogen and oxygen atoms in total. The minimum Gasteiger partial charge on any atom is -0.480 e. The van der Waals surface area contributed by atoms with Gasteiger partial charge in [0, 0.05) is 37.2 Å². The van der Waals surface area contributed by atoms with Crippen LogP contribution in [-0.2, 0) is 24.2 Å². The number of carbonyl (C=O) groups is 1. The molecule has 0 radical (unpaired) electrons. The number of likely N-dealkylation sites (N-methyl/N-ethyl adjacent to an activating group) is 1. The molecule has 0 spiro atoms. The second-order valence-corrected chi connectivity index (χ2v) is 12.2. The Morgan fingerprint density at radius 2 is 2.00 bits per heavy atom. The van der Waals surface area contributed by atoms with Gasteiger partial charge in [0.25, 0.3) is 0 Å². The molecule has 1 saturated heterocycles. The number of aryl methyl sites for hydroxylation is 2. The first kappa shape index (κ1) is 28.0. The fraction of sp³-hybridized carbons (Fsp3) is 0.625. The van der Waals surface area contributed by atoms with E-state index in [1.165, 1.54) is 36.1 Å². The zero-order valence-electron chi connectivity index (χ0n) is 23.9. The van der Waals surface area contributed by atoms with Gasteiger partial charge in [0.2, 0.25) is 0 Å². The standard InChI is InChI=1S/C32H45FN4O2/c1-5-28-31(37-14-7-6-11-29(37)34-28)22-12-15-36(16-13-22)20-24-18-26(35(4)30(21(2)3)32(38)39)19-27(24)23-9-8-10-25(33)17-23/h8-10,17,22,24,26-27,30H,2,5-7,11-16,18-20H2,1,3-4H3,(H,38,39)/t24-,26+,27-,30-/m1/s1. The summed E-state index contributed by atoms with van der Waals surface area (Å²) in [5, 5.41) is 9.87. The number of imidazole rings is 1. The third-order valence-electron chi connectivity index (χ3n) is 9.63. The number of carboxylic acids is 1. The van der Waals surface area contributed by atoms with Crippen LogP contribution in [0.2, 0.25) is 0 Å². The van der Waals surface area contributed by atoms with E-state index in [4.69, 9.17) is 4.98 Å². The number of carboxylic acid groups (broad SMARTS) is 1. The summed E-state index contributed by atoms with van der Waals surface area (Å²) in [6.07, 6.45) is 8.66. The van der Waals surface area contributed by atoms with Gasteiger partial charge in [0.1, 0.15) is 17.7 Å². The average Bonchev–Trinajstić information content (AvgIpc) is 3.50. The van der Waals surface area contributed by atoms with Crippen molar-refractivity contribution in [1.29, 1.82) is 0 Å². The molecule has 2 aliphatic heterocycles. The number of fused-ring (bicyclic) bond motifs is 1. The molecule has 0 unspecified atom stereocenters. The molecule has 3 aliphatic rings. The molecule has 0 amide bonds. The van der Waals surface area contributed by atoms with Crippen LogP contribution in [0.4, 0.5) is 4.39 Å². The van der Waals surface area contributed by atoms with Gasteiger partial charge in [-0.1, -0.05) is 31.2 Å². The highest BCUT2D eigenvalue weighted by molar-refractivity contribution is 5.77. The summed E-state index contributed by atoms with van der Waals surface area (Å²) in [6, 6.07) is 6.43. The van der Waals surface area contributed by atoms with Gasteiger partial charge in [-0.2, -0.15) is 0 Å². The molecule has 4 atom stereocenters. The number of hydrogen-bond donors (Lipinski definition) is 1. The Labute approximate surface area is 232 Å². The number of nitrogens with zero attached hydrogens (tertiary/aromatic N) is 4. The molecular formula is C32H45FN4O2. The predicted molar refractivity (Wildman–Crippen MR) is 153 cm³/mol. The molecule has 1 aromatic carbocycles. The van der Waals surface area contributed by atoms with Crippen molar-refractivity contribution in [3.05, 3.63) is 65.0 Å². The van der Waals surface area contributed by atoms with Crippen LogP contribution in [0, 0.1) is 11.7 Å². The van der Waals surface area contributed by atoms with Gasteiger partial charge in [-0.25, -0.2) is 9.37 Å². The van der Waals surface area contributed by atoms with Crippen LogP contribution in [-0.4, -0.2) is 69.2 Å². The monoisotopic (exact) mass is 536 g/mol. The van der Waals surface area contributed by atoms with Crippen molar-refractivity contribution >= 4 is 5.97 Å². The minimum atomic E-state index is -0.855. The first-order valence-corrected chi connectivity index (χ1v) is 14.9. The van der Waals surface area contributed by atoms with Crippen LogP contribution in [0.3, 0.4) is 0 Å². The summed E-state index contributed by atoms with van der Waals surface area (Å²) in [5.74, 6) is 1.37. The van der Waals surface area contributed by atoms with Gasteiger partial charge >= 0.3 is 5.97 Å². The SMILES string of the molecule is C=C(C)[C@H](C(=O)O)N(C)[C@H]1C[C@H](CN2CCC(c3c(CC)nc4n3CCCC4)CC2)[C@@H](c2cccc(F)c2)C1. The van der Waals surface area contributed by atoms with Gasteiger partial charge in [-0.15, -0.1) is 0 Å². The van der Waals surface area contributed by atoms with Crippen molar-refractivity contribution in [2.45, 2.75) is 95.7 Å². The maximum Gasteiger partial charge on any atom is 0.325 e. The maximum absolute atomic E-state index is 14.2. The number of aromatic nitrogens is 2. The molecule has 1 saturated carbocycles. The number of piperidine rings is 1. The van der Waals surface area contributed by atoms with Crippen LogP contribution < -0.4 is 0 Å². The van der Waals surface area contributed by atoms with Gasteiger partial charge in [-0.3, -0.25) is 9.69 Å². The lowest BCUT2D eigenvalue weighted by atomic mass is 9.86. The average molecular weight is 537 g/mol. The third-order valence-corrected chi connectivity index (χ3v) is 9.63. The van der Waals surface area contributed by atoms with Gasteiger partial charge in [-0.05, 0) is 102 Å². The molecule has 39 heavy (non-hydrogen) atoms. The van der Waals surface area contributed by atoms with E-state index in [1.807, 2.05) is 18.0 Å². The smallest absolute Gasteiger partial charge is 0.325 e. The largest absolute Gasteiger partial charge is 0.480 e. The van der Waals surface area contributed by atoms with E-state index < -0.39 is 12.0 Å². The van der Waals surface area contributed by atoms with E-state index in [0.717, 1.165) is 70.3 Å². The Hall–Kier alpha value is -2.51. The van der Waals surface area contributed by atoms with Gasteiger partial charge < -0.3 is 14.6 Å². The predicted octanol–water partition coefficient (Wildman–Crippen LogP) is 5.62. The molecule has 212 valence electrons. The van der Waals surface area contributed by atoms with Crippen molar-refractivity contribution in [1.82, 2.24) is 19.4 Å². The lowest BCUT2D eigenvalue weighted by Gasteiger charge is -2.36. The summed E-state index contributed by atoms with van der Waals surface area (Å²) in [6.45, 7) is 12.2. The summed E-state index contributed by atoms with van der Waals surface area (Å²) in [4.78, 5) is 21.6. The van der Waals surface area contributed by atoms with Crippen LogP contribution in [0.1, 0.15) is 87.0 Å². The summed E-state index contributed by atoms with van der Waals surface area (Å²) >= 11 is 0. The molecule has 2 aromatic rings. The van der Waals surface area contributed by atoms with Crippen molar-refractivity contribution in [2.24, 2.45) is 5.92 Å². The molecule has 7 heteroatoms. The zero-order valence-corrected chi connectivity index (χ0v) is 23.9. The normalized spacial score (nSPS) is 25.1. The topological polar surface area (TPSA) is 61.6 Å². The molecule has 0 bridgehead atoms. The molecule has 1 aliphatic carbocycles. The summed E-state index contributed by atoms with van der Waals surface area (Å²) in [7, 11) is 1.91. The highest BCUT2D eigenvalue weighted by Crippen LogP contribution is 2.44. The van der Waals surface area contributed by atoms with E-state index in [2.05, 4.69) is 23.0 Å². The molecule has 1 aromatic heterocycles. The minimum absolute atomic E-state index is 0.115. The Morgan fingerprint density at radius 3 is 2.67 bits per heavy atom. The number of likely N-dealkylation sites (tertiary alicyclic amines) is 1. The van der Waals surface area contributed by atoms with Crippen molar-refractivity contribution in [3.63, 3.8) is 0 Å². The first-order valence-electron chi connectivity index (χ1n) is 14.9. The van der Waals surface area contributed by atoms with Crippen molar-refractivity contribution < 1.29 is 14.3 Å². The lowest BCUT2D eigenvalue weighted by molar-refractivity contribution is -0.142. The Morgan fingerprint density at radius 1 is 1.23 bits per heavy atom. The number of hydrogen-bond acceptors (Lipinski definition) is 4. The van der Waals surface area contributed by atoms with E-state index in [1.54, 1.807) is 19.1 Å². The molecule has 1 N–H and O–H groups in total. The Kier molecular flexibility index (Phi) is 8.57.